The molecule has 0 radical (unpaired) electrons. The maximum Gasteiger partial charge on any atom is 0.255 e. The van der Waals surface area contributed by atoms with Gasteiger partial charge in [-0.05, 0) is 55.1 Å². The zero-order valence-corrected chi connectivity index (χ0v) is 17.9. The minimum absolute atomic E-state index is 0.215. The summed E-state index contributed by atoms with van der Waals surface area (Å²) in [5.41, 5.74) is 3.21. The Balaban J connectivity index is 1.65. The van der Waals surface area contributed by atoms with Crippen LogP contribution in [0.4, 0.5) is 5.69 Å². The number of carbonyl (C=O) groups is 1. The van der Waals surface area contributed by atoms with Crippen LogP contribution in [0.2, 0.25) is 5.02 Å². The fourth-order valence-electron chi connectivity index (χ4n) is 3.86. The highest BCUT2D eigenvalue weighted by molar-refractivity contribution is 6.31. The Morgan fingerprint density at radius 2 is 1.84 bits per heavy atom. The highest BCUT2D eigenvalue weighted by atomic mass is 35.5. The third-order valence-electron chi connectivity index (χ3n) is 5.28. The number of likely N-dealkylation sites (N-methyl/N-ethyl adjacent to an activating group) is 1. The standard InChI is InChI=1S/C25H24ClN3O2/c1-27-16-23(30)24(17-6-3-2-4-7-17)29-13-12-18-15-21(10-11-22(18)29)28-25(31)19-8-5-9-20(26)14-19/h2-15,23-24,27,30H,16H2,1H3,(H,28,31)/t23-,24-/m0/s1. The predicted molar refractivity (Wildman–Crippen MR) is 126 cm³/mol. The quantitative estimate of drug-likeness (QED) is 0.395. The van der Waals surface area contributed by atoms with Crippen LogP contribution < -0.4 is 10.6 Å². The molecule has 6 heteroatoms. The van der Waals surface area contributed by atoms with Crippen LogP contribution >= 0.6 is 11.6 Å². The van der Waals surface area contributed by atoms with Crippen molar-refractivity contribution in [3.63, 3.8) is 0 Å². The second-order valence-electron chi connectivity index (χ2n) is 7.44. The number of halogens is 1. The first kappa shape index (κ1) is 21.1. The molecule has 4 rings (SSSR count). The Hall–Kier alpha value is -3.12. The molecule has 158 valence electrons. The first-order chi connectivity index (χ1) is 15.1. The van der Waals surface area contributed by atoms with Gasteiger partial charge in [0.1, 0.15) is 0 Å². The summed E-state index contributed by atoms with van der Waals surface area (Å²) in [6.07, 6.45) is 1.37. The predicted octanol–water partition coefficient (Wildman–Crippen LogP) is 4.72. The summed E-state index contributed by atoms with van der Waals surface area (Å²) in [4.78, 5) is 12.5. The van der Waals surface area contributed by atoms with E-state index in [0.717, 1.165) is 16.5 Å². The summed E-state index contributed by atoms with van der Waals surface area (Å²) in [5.74, 6) is -0.215. The lowest BCUT2D eigenvalue weighted by atomic mass is 10.0. The number of nitrogens with zero attached hydrogens (tertiary/aromatic N) is 1. The fourth-order valence-corrected chi connectivity index (χ4v) is 4.05. The highest BCUT2D eigenvalue weighted by Crippen LogP contribution is 2.29. The maximum absolute atomic E-state index is 12.5. The summed E-state index contributed by atoms with van der Waals surface area (Å²) in [6.45, 7) is 0.465. The van der Waals surface area contributed by atoms with Gasteiger partial charge in [-0.1, -0.05) is 48.0 Å². The van der Waals surface area contributed by atoms with Crippen LogP contribution in [0, 0.1) is 0 Å². The second kappa shape index (κ2) is 9.35. The highest BCUT2D eigenvalue weighted by Gasteiger charge is 2.23. The molecule has 1 amide bonds. The van der Waals surface area contributed by atoms with Crippen LogP contribution in [0.3, 0.4) is 0 Å². The first-order valence-electron chi connectivity index (χ1n) is 10.1. The van der Waals surface area contributed by atoms with Gasteiger partial charge in [0.2, 0.25) is 0 Å². The van der Waals surface area contributed by atoms with Gasteiger partial charge in [-0.15, -0.1) is 0 Å². The number of aliphatic hydroxyl groups is 1. The van der Waals surface area contributed by atoms with Crippen molar-refractivity contribution in [3.8, 4) is 0 Å². The van der Waals surface area contributed by atoms with E-state index >= 15 is 0 Å². The topological polar surface area (TPSA) is 66.3 Å². The van der Waals surface area contributed by atoms with Crippen LogP contribution in [0.25, 0.3) is 10.9 Å². The molecule has 0 unspecified atom stereocenters. The lowest BCUT2D eigenvalue weighted by Crippen LogP contribution is -2.33. The number of carbonyl (C=O) groups excluding carboxylic acids is 1. The molecule has 2 atom stereocenters. The van der Waals surface area contributed by atoms with Crippen LogP contribution in [-0.4, -0.2) is 35.3 Å². The fraction of sp³-hybridized carbons (Fsp3) is 0.160. The average molecular weight is 434 g/mol. The van der Waals surface area contributed by atoms with Crippen LogP contribution in [0.5, 0.6) is 0 Å². The van der Waals surface area contributed by atoms with Crippen molar-refractivity contribution >= 4 is 34.1 Å². The van der Waals surface area contributed by atoms with Gasteiger partial charge in [-0.3, -0.25) is 4.79 Å². The lowest BCUT2D eigenvalue weighted by molar-refractivity contribution is 0.102. The number of nitrogens with one attached hydrogen (secondary N) is 2. The molecule has 0 aliphatic carbocycles. The molecule has 5 nitrogen and oxygen atoms in total. The maximum atomic E-state index is 12.5. The minimum Gasteiger partial charge on any atom is -0.389 e. The Labute approximate surface area is 186 Å². The molecule has 0 fully saturated rings. The third kappa shape index (κ3) is 4.64. The van der Waals surface area contributed by atoms with Gasteiger partial charge in [0.15, 0.2) is 0 Å². The van der Waals surface area contributed by atoms with E-state index in [9.17, 15) is 9.90 Å². The SMILES string of the molecule is CNC[C@H](O)[C@H](c1ccccc1)n1ccc2cc(NC(=O)c3cccc(Cl)c3)ccc21. The molecule has 0 saturated heterocycles. The molecule has 31 heavy (non-hydrogen) atoms. The van der Waals surface area contributed by atoms with Crippen molar-refractivity contribution in [2.24, 2.45) is 0 Å². The molecule has 3 N–H and O–H groups in total. The summed E-state index contributed by atoms with van der Waals surface area (Å²) in [7, 11) is 1.83. The van der Waals surface area contributed by atoms with Crippen LogP contribution in [0.15, 0.2) is 85.1 Å². The summed E-state index contributed by atoms with van der Waals surface area (Å²) >= 11 is 5.99. The molecule has 0 aliphatic rings. The Morgan fingerprint density at radius 3 is 2.58 bits per heavy atom. The summed E-state index contributed by atoms with van der Waals surface area (Å²) in [6, 6.07) is 24.3. The van der Waals surface area contributed by atoms with Gasteiger partial charge in [0.05, 0.1) is 12.1 Å². The van der Waals surface area contributed by atoms with Gasteiger partial charge in [0.25, 0.3) is 5.91 Å². The van der Waals surface area contributed by atoms with Crippen molar-refractivity contribution in [2.45, 2.75) is 12.1 Å². The van der Waals surface area contributed by atoms with E-state index in [0.29, 0.717) is 22.8 Å². The average Bonchev–Trinajstić information content (AvgIpc) is 3.18. The number of hydrogen-bond donors (Lipinski definition) is 3. The van der Waals surface area contributed by atoms with Crippen molar-refractivity contribution in [1.29, 1.82) is 0 Å². The molecule has 0 spiro atoms. The van der Waals surface area contributed by atoms with E-state index in [4.69, 9.17) is 11.6 Å². The van der Waals surface area contributed by atoms with E-state index in [1.54, 1.807) is 24.3 Å². The molecule has 0 bridgehead atoms. The molecule has 1 aromatic heterocycles. The van der Waals surface area contributed by atoms with E-state index in [1.807, 2.05) is 67.8 Å². The molecule has 0 aliphatic heterocycles. The number of fused-ring (bicyclic) bond motifs is 1. The molecule has 1 heterocycles. The molecular weight excluding hydrogens is 410 g/mol. The molecule has 3 aromatic carbocycles. The number of rotatable bonds is 7. The Kier molecular flexibility index (Phi) is 6.37. The van der Waals surface area contributed by atoms with Crippen molar-refractivity contribution in [2.75, 3.05) is 18.9 Å². The lowest BCUT2D eigenvalue weighted by Gasteiger charge is -2.26. The number of amides is 1. The van der Waals surface area contributed by atoms with Gasteiger partial charge in [0, 0.05) is 39.9 Å². The molecule has 0 saturated carbocycles. The Bertz CT molecular complexity index is 1190. The third-order valence-corrected chi connectivity index (χ3v) is 5.52. The van der Waals surface area contributed by atoms with Crippen LogP contribution in [0.1, 0.15) is 22.0 Å². The van der Waals surface area contributed by atoms with Gasteiger partial charge < -0.3 is 20.3 Å². The van der Waals surface area contributed by atoms with Crippen molar-refractivity contribution in [3.05, 3.63) is 101 Å². The van der Waals surface area contributed by atoms with Crippen LogP contribution in [-0.2, 0) is 0 Å². The van der Waals surface area contributed by atoms with Crippen molar-refractivity contribution in [1.82, 2.24) is 9.88 Å². The van der Waals surface area contributed by atoms with E-state index in [1.165, 1.54) is 0 Å². The molecular formula is C25H24ClN3O2. The largest absolute Gasteiger partial charge is 0.389 e. The summed E-state index contributed by atoms with van der Waals surface area (Å²) in [5, 5.41) is 18.3. The minimum atomic E-state index is -0.606. The smallest absolute Gasteiger partial charge is 0.255 e. The number of benzene rings is 3. The second-order valence-corrected chi connectivity index (χ2v) is 7.88. The van der Waals surface area contributed by atoms with Gasteiger partial charge in [-0.25, -0.2) is 0 Å². The number of aromatic nitrogens is 1. The normalized spacial score (nSPS) is 13.1. The van der Waals surface area contributed by atoms with Gasteiger partial charge in [-0.2, -0.15) is 0 Å². The number of anilines is 1. The Morgan fingerprint density at radius 1 is 1.03 bits per heavy atom. The number of hydrogen-bond acceptors (Lipinski definition) is 3. The number of aliphatic hydroxyl groups excluding tert-OH is 1. The van der Waals surface area contributed by atoms with Crippen molar-refractivity contribution < 1.29 is 9.90 Å². The zero-order valence-electron chi connectivity index (χ0n) is 17.1. The van der Waals surface area contributed by atoms with E-state index in [2.05, 4.69) is 15.2 Å². The van der Waals surface area contributed by atoms with E-state index in [-0.39, 0.29) is 11.9 Å². The van der Waals surface area contributed by atoms with Gasteiger partial charge >= 0.3 is 0 Å². The summed E-state index contributed by atoms with van der Waals surface area (Å²) < 4.78 is 2.08. The molecule has 4 aromatic rings. The monoisotopic (exact) mass is 433 g/mol. The first-order valence-corrected chi connectivity index (χ1v) is 10.5. The van der Waals surface area contributed by atoms with E-state index < -0.39 is 6.10 Å². The zero-order chi connectivity index (χ0) is 21.8.